The van der Waals surface area contributed by atoms with Gasteiger partial charge in [-0.05, 0) is 117 Å². The molecule has 0 unspecified atom stereocenters. The Hall–Kier alpha value is -5.39. The van der Waals surface area contributed by atoms with E-state index in [9.17, 15) is 36.7 Å². The highest BCUT2D eigenvalue weighted by molar-refractivity contribution is 5.98. The molecule has 3 amide bonds. The third-order valence-electron chi connectivity index (χ3n) is 10.6. The van der Waals surface area contributed by atoms with Crippen LogP contribution in [0.3, 0.4) is 0 Å². The number of nitrogens with zero attached hydrogens (tertiary/aromatic N) is 2. The largest absolute Gasteiger partial charge is 0.477 e. The maximum atomic E-state index is 14.2. The number of H-pyrrole nitrogens is 1. The minimum Gasteiger partial charge on any atom is -0.477 e. The summed E-state index contributed by atoms with van der Waals surface area (Å²) >= 11 is 0. The summed E-state index contributed by atoms with van der Waals surface area (Å²) < 4.78 is 55.8. The number of anilines is 1. The van der Waals surface area contributed by atoms with Gasteiger partial charge in [0, 0.05) is 41.7 Å². The number of aliphatic carboxylic acids is 1. The number of aryl methyl sites for hydroxylation is 1. The number of halogens is 5. The number of alkyl halides is 4. The number of nitrogens with one attached hydrogen (secondary N) is 5. The third-order valence-corrected chi connectivity index (χ3v) is 10.6. The minimum atomic E-state index is -5.44. The standard InChI is InChI=1S/C40H44F4N8O5.ClH/c1-22-18-28(35(54)48-30-16-17-46-21-30)12-15-31(22)25-6-2-23(3-7-25)19-32(49-34(53)27-8-4-24(20-45)5-9-27)36(55)47-29-13-10-26(11-14-29)33-50-37(52-51-33)39(41,42)40(43,44)38(56)57;/h2-3,6-7,10-15,18,24,27,30,32,46H,4-5,8-9,16-17,19-21,45H2,1H3,(H,47,55)(H,48,54)(H,49,53)(H,56,57)(H,50,51,52);1H/t24-,27-,30-,32-;/m0./s1. The number of hydrogen-bond donors (Lipinski definition) is 7. The van der Waals surface area contributed by atoms with Gasteiger partial charge in [0.05, 0.1) is 0 Å². The van der Waals surface area contributed by atoms with E-state index in [4.69, 9.17) is 10.8 Å². The normalized spacial score (nSPS) is 18.8. The predicted octanol–water partition coefficient (Wildman–Crippen LogP) is 5.20. The molecule has 58 heavy (non-hydrogen) atoms. The molecule has 0 radical (unpaired) electrons. The first-order chi connectivity index (χ1) is 27.2. The molecule has 0 spiro atoms. The fraction of sp³-hybridized carbons (Fsp3) is 0.400. The molecule has 2 fully saturated rings. The van der Waals surface area contributed by atoms with E-state index in [0.29, 0.717) is 30.9 Å². The molecule has 1 saturated heterocycles. The second kappa shape index (κ2) is 18.5. The Kier molecular flexibility index (Phi) is 13.9. The van der Waals surface area contributed by atoms with Gasteiger partial charge in [0.25, 0.3) is 5.91 Å². The number of carboxylic acids is 1. The van der Waals surface area contributed by atoms with E-state index >= 15 is 0 Å². The van der Waals surface area contributed by atoms with Crippen LogP contribution in [0.4, 0.5) is 23.2 Å². The predicted molar refractivity (Wildman–Crippen MR) is 210 cm³/mol. The lowest BCUT2D eigenvalue weighted by molar-refractivity contribution is -0.231. The maximum Gasteiger partial charge on any atom is 0.411 e. The molecular weight excluding hydrogens is 784 g/mol. The van der Waals surface area contributed by atoms with Gasteiger partial charge in [-0.2, -0.15) is 17.6 Å². The lowest BCUT2D eigenvalue weighted by atomic mass is 9.81. The van der Waals surface area contributed by atoms with Crippen molar-refractivity contribution >= 4 is 41.8 Å². The van der Waals surface area contributed by atoms with E-state index in [1.165, 1.54) is 24.3 Å². The van der Waals surface area contributed by atoms with Gasteiger partial charge in [-0.1, -0.05) is 30.3 Å². The van der Waals surface area contributed by atoms with Crippen molar-refractivity contribution in [1.29, 1.82) is 0 Å². The van der Waals surface area contributed by atoms with E-state index in [1.807, 2.05) is 48.3 Å². The zero-order valence-corrected chi connectivity index (χ0v) is 32.3. The number of rotatable bonds is 14. The van der Waals surface area contributed by atoms with E-state index in [-0.39, 0.29) is 59.7 Å². The summed E-state index contributed by atoms with van der Waals surface area (Å²) in [4.78, 5) is 52.7. The van der Waals surface area contributed by atoms with E-state index in [1.54, 1.807) is 6.07 Å². The van der Waals surface area contributed by atoms with Gasteiger partial charge in [0.2, 0.25) is 17.6 Å². The first kappa shape index (κ1) is 43.7. The molecule has 18 heteroatoms. The molecule has 2 heterocycles. The van der Waals surface area contributed by atoms with Crippen molar-refractivity contribution < 1.29 is 41.8 Å². The van der Waals surface area contributed by atoms with Crippen LogP contribution in [0.15, 0.2) is 66.7 Å². The average Bonchev–Trinajstić information content (AvgIpc) is 3.92. The van der Waals surface area contributed by atoms with Crippen LogP contribution in [0.5, 0.6) is 0 Å². The fourth-order valence-electron chi connectivity index (χ4n) is 7.15. The Labute approximate surface area is 337 Å². The molecule has 2 atom stereocenters. The van der Waals surface area contributed by atoms with Crippen molar-refractivity contribution in [3.8, 4) is 22.5 Å². The highest BCUT2D eigenvalue weighted by Crippen LogP contribution is 2.42. The van der Waals surface area contributed by atoms with Crippen LogP contribution >= 0.6 is 12.4 Å². The molecule has 2 aliphatic rings. The van der Waals surface area contributed by atoms with Crippen LogP contribution in [-0.4, -0.2) is 81.6 Å². The Balaban J connectivity index is 0.00000641. The fourth-order valence-corrected chi connectivity index (χ4v) is 7.15. The Morgan fingerprint density at radius 3 is 2.19 bits per heavy atom. The molecule has 1 aromatic heterocycles. The minimum absolute atomic E-state index is 0. The van der Waals surface area contributed by atoms with Crippen LogP contribution in [0.25, 0.3) is 22.5 Å². The molecule has 13 nitrogen and oxygen atoms in total. The molecule has 1 aliphatic carbocycles. The lowest BCUT2D eigenvalue weighted by Gasteiger charge is -2.28. The zero-order valence-electron chi connectivity index (χ0n) is 31.5. The van der Waals surface area contributed by atoms with Gasteiger partial charge < -0.3 is 37.1 Å². The van der Waals surface area contributed by atoms with E-state index in [0.717, 1.165) is 54.6 Å². The second-order valence-corrected chi connectivity index (χ2v) is 14.7. The van der Waals surface area contributed by atoms with Crippen LogP contribution in [0.1, 0.15) is 59.4 Å². The molecule has 3 aromatic carbocycles. The monoisotopic (exact) mass is 828 g/mol. The summed E-state index contributed by atoms with van der Waals surface area (Å²) in [7, 11) is 0. The average molecular weight is 829 g/mol. The summed E-state index contributed by atoms with van der Waals surface area (Å²) in [5.41, 5.74) is 10.4. The number of amides is 3. The Morgan fingerprint density at radius 2 is 1.59 bits per heavy atom. The van der Waals surface area contributed by atoms with Crippen molar-refractivity contribution in [3.63, 3.8) is 0 Å². The van der Waals surface area contributed by atoms with Gasteiger partial charge in [0.15, 0.2) is 5.82 Å². The van der Waals surface area contributed by atoms with E-state index in [2.05, 4.69) is 31.5 Å². The van der Waals surface area contributed by atoms with Gasteiger partial charge in [-0.15, -0.1) is 22.6 Å². The van der Waals surface area contributed by atoms with E-state index < -0.39 is 35.6 Å². The quantitative estimate of drug-likeness (QED) is 0.0834. The molecule has 310 valence electrons. The molecular formula is C40H45ClF4N8O5. The maximum absolute atomic E-state index is 14.2. The second-order valence-electron chi connectivity index (χ2n) is 14.7. The summed E-state index contributed by atoms with van der Waals surface area (Å²) in [5, 5.41) is 27.1. The van der Waals surface area contributed by atoms with Gasteiger partial charge in [-0.3, -0.25) is 14.4 Å². The van der Waals surface area contributed by atoms with Crippen LogP contribution in [-0.2, 0) is 26.7 Å². The number of carbonyl (C=O) groups is 4. The van der Waals surface area contributed by atoms with Crippen molar-refractivity contribution in [1.82, 2.24) is 31.1 Å². The molecule has 0 bridgehead atoms. The SMILES string of the molecule is Cc1cc(C(=O)N[C@H]2CCNC2)ccc1-c1ccc(C[C@H](NC(=O)[C@H]2CC[C@H](CN)CC2)C(=O)Nc2ccc(-c3nnc(C(F)(F)C(F)(F)C(=O)O)[nH]3)cc2)cc1.Cl. The zero-order chi connectivity index (χ0) is 40.9. The van der Waals surface area contributed by atoms with Crippen LogP contribution < -0.4 is 27.0 Å². The Morgan fingerprint density at radius 1 is 0.914 bits per heavy atom. The third kappa shape index (κ3) is 9.82. The van der Waals surface area contributed by atoms with Crippen molar-refractivity contribution in [2.24, 2.45) is 17.6 Å². The molecule has 8 N–H and O–H groups in total. The summed E-state index contributed by atoms with van der Waals surface area (Å²) in [6.45, 7) is 4.11. The number of aromatic nitrogens is 3. The summed E-state index contributed by atoms with van der Waals surface area (Å²) in [6, 6.07) is 17.8. The smallest absolute Gasteiger partial charge is 0.411 e. The molecule has 1 aliphatic heterocycles. The topological polar surface area (TPSA) is 204 Å². The van der Waals surface area contributed by atoms with Crippen molar-refractivity contribution in [3.05, 3.63) is 89.2 Å². The van der Waals surface area contributed by atoms with Gasteiger partial charge in [-0.25, -0.2) is 4.79 Å². The number of carboxylic acid groups (broad SMARTS) is 1. The number of carbonyl (C=O) groups excluding carboxylic acids is 3. The van der Waals surface area contributed by atoms with Crippen molar-refractivity contribution in [2.45, 2.75) is 69.4 Å². The highest BCUT2D eigenvalue weighted by atomic mass is 35.5. The van der Waals surface area contributed by atoms with Gasteiger partial charge in [0.1, 0.15) is 6.04 Å². The number of aromatic amines is 1. The Bertz CT molecular complexity index is 2090. The van der Waals surface area contributed by atoms with Crippen molar-refractivity contribution in [2.75, 3.05) is 25.0 Å². The lowest BCUT2D eigenvalue weighted by Crippen LogP contribution is -2.48. The van der Waals surface area contributed by atoms with Crippen LogP contribution in [0.2, 0.25) is 0 Å². The molecule has 4 aromatic rings. The molecule has 1 saturated carbocycles. The summed E-state index contributed by atoms with van der Waals surface area (Å²) in [6.07, 6.45) is 3.97. The number of hydrogen-bond acceptors (Lipinski definition) is 8. The first-order valence-corrected chi connectivity index (χ1v) is 18.7. The van der Waals surface area contributed by atoms with Gasteiger partial charge >= 0.3 is 17.8 Å². The number of benzene rings is 3. The highest BCUT2D eigenvalue weighted by Gasteiger charge is 2.65. The first-order valence-electron chi connectivity index (χ1n) is 18.7. The summed E-state index contributed by atoms with van der Waals surface area (Å²) in [5.74, 6) is -16.4. The molecule has 6 rings (SSSR count). The number of nitrogens with two attached hydrogens (primary N) is 1. The van der Waals surface area contributed by atoms with Crippen LogP contribution in [0, 0.1) is 18.8 Å².